The number of likely N-dealkylation sites (tertiary alicyclic amines) is 1. The zero-order valence-electron chi connectivity index (χ0n) is 14.2. The number of carbonyl (C=O) groups is 2. The molecule has 5 nitrogen and oxygen atoms in total. The zero-order valence-corrected chi connectivity index (χ0v) is 14.2. The number of piperidine rings is 1. The normalized spacial score (nSPS) is 20.0. The Morgan fingerprint density at radius 3 is 2.33 bits per heavy atom. The molecule has 5 heteroatoms. The summed E-state index contributed by atoms with van der Waals surface area (Å²) in [5, 5.41) is 6.13. The second kappa shape index (κ2) is 8.29. The van der Waals surface area contributed by atoms with E-state index in [0.29, 0.717) is 6.54 Å². The predicted octanol–water partition coefficient (Wildman–Crippen LogP) is 2.40. The summed E-state index contributed by atoms with van der Waals surface area (Å²) < 4.78 is 0. The van der Waals surface area contributed by atoms with Crippen molar-refractivity contribution < 1.29 is 9.59 Å². The number of carbonyl (C=O) groups excluding carboxylic acids is 2. The van der Waals surface area contributed by atoms with Gasteiger partial charge in [0, 0.05) is 30.7 Å². The van der Waals surface area contributed by atoms with E-state index in [2.05, 4.69) is 15.5 Å². The molecule has 0 atom stereocenters. The van der Waals surface area contributed by atoms with Crippen LogP contribution in [0.2, 0.25) is 0 Å². The summed E-state index contributed by atoms with van der Waals surface area (Å²) >= 11 is 0. The lowest BCUT2D eigenvalue weighted by molar-refractivity contribution is -0.126. The predicted molar refractivity (Wildman–Crippen MR) is 94.6 cm³/mol. The molecule has 1 aromatic rings. The second-order valence-corrected chi connectivity index (χ2v) is 6.95. The average molecular weight is 329 g/mol. The molecule has 2 amide bonds. The SMILES string of the molecule is O=C(CN1CCC(NC(=O)C2CCCC2)CC1)Nc1ccccc1. The van der Waals surface area contributed by atoms with E-state index in [1.165, 1.54) is 12.8 Å². The fourth-order valence-electron chi connectivity index (χ4n) is 3.67. The molecular weight excluding hydrogens is 302 g/mol. The number of para-hydroxylation sites is 1. The molecule has 3 rings (SSSR count). The van der Waals surface area contributed by atoms with Gasteiger partial charge >= 0.3 is 0 Å². The highest BCUT2D eigenvalue weighted by molar-refractivity contribution is 5.92. The fourth-order valence-corrected chi connectivity index (χ4v) is 3.67. The molecule has 1 saturated carbocycles. The van der Waals surface area contributed by atoms with Crippen LogP contribution < -0.4 is 10.6 Å². The number of amides is 2. The topological polar surface area (TPSA) is 61.4 Å². The van der Waals surface area contributed by atoms with Gasteiger partial charge in [-0.25, -0.2) is 0 Å². The summed E-state index contributed by atoms with van der Waals surface area (Å²) in [7, 11) is 0. The Kier molecular flexibility index (Phi) is 5.86. The van der Waals surface area contributed by atoms with Crippen molar-refractivity contribution in [3.8, 4) is 0 Å². The zero-order chi connectivity index (χ0) is 16.8. The van der Waals surface area contributed by atoms with E-state index in [1.54, 1.807) is 0 Å². The van der Waals surface area contributed by atoms with Gasteiger partial charge in [-0.05, 0) is 37.8 Å². The Bertz CT molecular complexity index is 547. The van der Waals surface area contributed by atoms with Crippen LogP contribution in [0.4, 0.5) is 5.69 Å². The van der Waals surface area contributed by atoms with E-state index in [-0.39, 0.29) is 23.8 Å². The van der Waals surface area contributed by atoms with Crippen molar-refractivity contribution in [2.75, 3.05) is 25.0 Å². The molecule has 0 radical (unpaired) electrons. The number of hydrogen-bond donors (Lipinski definition) is 2. The summed E-state index contributed by atoms with van der Waals surface area (Å²) in [4.78, 5) is 26.4. The van der Waals surface area contributed by atoms with Crippen molar-refractivity contribution in [1.29, 1.82) is 0 Å². The number of rotatable bonds is 5. The molecule has 0 aromatic heterocycles. The Morgan fingerprint density at radius 2 is 1.67 bits per heavy atom. The summed E-state index contributed by atoms with van der Waals surface area (Å²) in [6.07, 6.45) is 6.32. The van der Waals surface area contributed by atoms with Gasteiger partial charge in [0.2, 0.25) is 11.8 Å². The maximum Gasteiger partial charge on any atom is 0.238 e. The first-order valence-corrected chi connectivity index (χ1v) is 9.08. The van der Waals surface area contributed by atoms with Crippen molar-refractivity contribution in [1.82, 2.24) is 10.2 Å². The third kappa shape index (κ3) is 4.81. The molecule has 24 heavy (non-hydrogen) atoms. The standard InChI is InChI=1S/C19H27N3O2/c23-18(20-16-8-2-1-3-9-16)14-22-12-10-17(11-13-22)21-19(24)15-6-4-5-7-15/h1-3,8-9,15,17H,4-7,10-14H2,(H,20,23)(H,21,24). The molecule has 2 aliphatic rings. The smallest absolute Gasteiger partial charge is 0.238 e. The first-order chi connectivity index (χ1) is 11.7. The van der Waals surface area contributed by atoms with E-state index in [0.717, 1.165) is 44.5 Å². The van der Waals surface area contributed by atoms with Crippen LogP contribution in [0, 0.1) is 5.92 Å². The molecule has 1 saturated heterocycles. The van der Waals surface area contributed by atoms with Gasteiger partial charge in [-0.1, -0.05) is 31.0 Å². The Morgan fingerprint density at radius 1 is 1.00 bits per heavy atom. The number of nitrogens with zero attached hydrogens (tertiary/aromatic N) is 1. The number of anilines is 1. The van der Waals surface area contributed by atoms with E-state index >= 15 is 0 Å². The van der Waals surface area contributed by atoms with Crippen LogP contribution in [0.25, 0.3) is 0 Å². The fraction of sp³-hybridized carbons (Fsp3) is 0.579. The summed E-state index contributed by atoms with van der Waals surface area (Å²) in [5.74, 6) is 0.502. The number of nitrogens with one attached hydrogen (secondary N) is 2. The van der Waals surface area contributed by atoms with Crippen molar-refractivity contribution >= 4 is 17.5 Å². The largest absolute Gasteiger partial charge is 0.353 e. The van der Waals surface area contributed by atoms with Gasteiger partial charge in [-0.2, -0.15) is 0 Å². The minimum atomic E-state index is 0.0228. The van der Waals surface area contributed by atoms with E-state index in [4.69, 9.17) is 0 Å². The molecule has 2 N–H and O–H groups in total. The van der Waals surface area contributed by atoms with Crippen molar-refractivity contribution in [3.05, 3.63) is 30.3 Å². The summed E-state index contributed by atoms with van der Waals surface area (Å²) in [6, 6.07) is 9.81. The third-order valence-electron chi connectivity index (χ3n) is 5.08. The summed E-state index contributed by atoms with van der Waals surface area (Å²) in [6.45, 7) is 2.13. The lowest BCUT2D eigenvalue weighted by atomic mass is 10.0. The molecule has 0 unspecified atom stereocenters. The Hall–Kier alpha value is -1.88. The van der Waals surface area contributed by atoms with E-state index < -0.39 is 0 Å². The van der Waals surface area contributed by atoms with Gasteiger partial charge in [0.25, 0.3) is 0 Å². The quantitative estimate of drug-likeness (QED) is 0.872. The van der Waals surface area contributed by atoms with Crippen LogP contribution in [-0.4, -0.2) is 42.4 Å². The van der Waals surface area contributed by atoms with Gasteiger partial charge in [0.1, 0.15) is 0 Å². The van der Waals surface area contributed by atoms with Crippen LogP contribution in [0.1, 0.15) is 38.5 Å². The second-order valence-electron chi connectivity index (χ2n) is 6.95. The van der Waals surface area contributed by atoms with Gasteiger partial charge in [-0.3, -0.25) is 14.5 Å². The highest BCUT2D eigenvalue weighted by atomic mass is 16.2. The van der Waals surface area contributed by atoms with Crippen molar-refractivity contribution in [3.63, 3.8) is 0 Å². The molecule has 1 aromatic carbocycles. The minimum Gasteiger partial charge on any atom is -0.353 e. The van der Waals surface area contributed by atoms with Crippen molar-refractivity contribution in [2.24, 2.45) is 5.92 Å². The maximum atomic E-state index is 12.2. The van der Waals surface area contributed by atoms with Crippen LogP contribution in [0.3, 0.4) is 0 Å². The minimum absolute atomic E-state index is 0.0228. The number of hydrogen-bond acceptors (Lipinski definition) is 3. The van der Waals surface area contributed by atoms with Crippen LogP contribution >= 0.6 is 0 Å². The number of benzene rings is 1. The van der Waals surface area contributed by atoms with E-state index in [9.17, 15) is 9.59 Å². The third-order valence-corrected chi connectivity index (χ3v) is 5.08. The maximum absolute atomic E-state index is 12.2. The molecule has 130 valence electrons. The molecule has 0 spiro atoms. The van der Waals surface area contributed by atoms with Gasteiger partial charge in [-0.15, -0.1) is 0 Å². The first-order valence-electron chi connectivity index (χ1n) is 9.08. The molecule has 1 aliphatic carbocycles. The van der Waals surface area contributed by atoms with Gasteiger partial charge in [0.15, 0.2) is 0 Å². The summed E-state index contributed by atoms with van der Waals surface area (Å²) in [5.41, 5.74) is 0.834. The Labute approximate surface area is 143 Å². The van der Waals surface area contributed by atoms with Crippen LogP contribution in [-0.2, 0) is 9.59 Å². The Balaban J connectivity index is 1.37. The van der Waals surface area contributed by atoms with Gasteiger partial charge < -0.3 is 10.6 Å². The molecule has 2 fully saturated rings. The average Bonchev–Trinajstić information content (AvgIpc) is 3.12. The van der Waals surface area contributed by atoms with Gasteiger partial charge in [0.05, 0.1) is 6.54 Å². The molecule has 0 bridgehead atoms. The lowest BCUT2D eigenvalue weighted by Crippen LogP contribution is -2.47. The molecule has 1 aliphatic heterocycles. The van der Waals surface area contributed by atoms with E-state index in [1.807, 2.05) is 30.3 Å². The highest BCUT2D eigenvalue weighted by Gasteiger charge is 2.27. The van der Waals surface area contributed by atoms with Crippen LogP contribution in [0.5, 0.6) is 0 Å². The first kappa shape index (κ1) is 17.0. The lowest BCUT2D eigenvalue weighted by Gasteiger charge is -2.32. The monoisotopic (exact) mass is 329 g/mol. The van der Waals surface area contributed by atoms with Crippen LogP contribution in [0.15, 0.2) is 30.3 Å². The highest BCUT2D eigenvalue weighted by Crippen LogP contribution is 2.25. The molecular formula is C19H27N3O2. The van der Waals surface area contributed by atoms with Crippen molar-refractivity contribution in [2.45, 2.75) is 44.6 Å². The molecule has 1 heterocycles.